The maximum atomic E-state index is 2.38. The summed E-state index contributed by atoms with van der Waals surface area (Å²) < 4.78 is 0. The maximum absolute atomic E-state index is 2.38. The smallest absolute Gasteiger partial charge is 0.0303 e. The minimum Gasteiger partial charge on any atom is -0.0649 e. The molecule has 0 spiro atoms. The molecule has 0 amide bonds. The third kappa shape index (κ3) is 2.72. The first-order valence-electron chi connectivity index (χ1n) is 6.26. The SMILES string of the molecule is CCC(CC)(CC)CC1CCCC1. The van der Waals surface area contributed by atoms with Crippen LogP contribution in [-0.4, -0.2) is 0 Å². The molecule has 0 aliphatic heterocycles. The summed E-state index contributed by atoms with van der Waals surface area (Å²) in [5.41, 5.74) is 0.689. The van der Waals surface area contributed by atoms with Crippen molar-refractivity contribution in [1.29, 1.82) is 0 Å². The molecule has 0 unspecified atom stereocenters. The Morgan fingerprint density at radius 1 is 0.923 bits per heavy atom. The highest BCUT2D eigenvalue weighted by Gasteiger charge is 2.29. The minimum atomic E-state index is 0.689. The van der Waals surface area contributed by atoms with Gasteiger partial charge in [-0.1, -0.05) is 65.7 Å². The van der Waals surface area contributed by atoms with Crippen molar-refractivity contribution in [2.45, 2.75) is 72.1 Å². The molecule has 0 saturated heterocycles. The predicted octanol–water partition coefficient (Wildman–Crippen LogP) is 4.78. The summed E-state index contributed by atoms with van der Waals surface area (Å²) in [6.07, 6.45) is 11.7. The Kier molecular flexibility index (Phi) is 4.28. The molecule has 0 bridgehead atoms. The number of hydrogen-bond acceptors (Lipinski definition) is 0. The van der Waals surface area contributed by atoms with Crippen LogP contribution in [0.2, 0.25) is 0 Å². The van der Waals surface area contributed by atoms with Crippen molar-refractivity contribution in [3.8, 4) is 0 Å². The van der Waals surface area contributed by atoms with Crippen molar-refractivity contribution in [3.05, 3.63) is 0 Å². The van der Waals surface area contributed by atoms with Crippen LogP contribution >= 0.6 is 0 Å². The molecule has 1 aliphatic rings. The molecule has 1 saturated carbocycles. The highest BCUT2D eigenvalue weighted by atomic mass is 14.3. The Morgan fingerprint density at radius 3 is 1.77 bits per heavy atom. The molecule has 1 aliphatic carbocycles. The normalized spacial score (nSPS) is 19.6. The number of rotatable bonds is 5. The van der Waals surface area contributed by atoms with E-state index in [4.69, 9.17) is 0 Å². The largest absolute Gasteiger partial charge is 0.0649 e. The van der Waals surface area contributed by atoms with E-state index in [-0.39, 0.29) is 0 Å². The lowest BCUT2D eigenvalue weighted by atomic mass is 9.73. The fourth-order valence-corrected chi connectivity index (χ4v) is 3.01. The zero-order valence-corrected chi connectivity index (χ0v) is 9.73. The van der Waals surface area contributed by atoms with Gasteiger partial charge in [-0.3, -0.25) is 0 Å². The fraction of sp³-hybridized carbons (Fsp3) is 1.00. The molecule has 0 aromatic carbocycles. The van der Waals surface area contributed by atoms with Crippen molar-refractivity contribution in [3.63, 3.8) is 0 Å². The Morgan fingerprint density at radius 2 is 1.38 bits per heavy atom. The standard InChI is InChI=1S/C13H26/c1-4-13(5-2,6-3)11-12-9-7-8-10-12/h12H,4-11H2,1-3H3. The molecule has 0 heteroatoms. The molecule has 13 heavy (non-hydrogen) atoms. The van der Waals surface area contributed by atoms with E-state index in [1.165, 1.54) is 51.4 Å². The molecular weight excluding hydrogens is 156 g/mol. The minimum absolute atomic E-state index is 0.689. The monoisotopic (exact) mass is 182 g/mol. The Hall–Kier alpha value is 0. The van der Waals surface area contributed by atoms with Gasteiger partial charge in [0.1, 0.15) is 0 Å². The van der Waals surface area contributed by atoms with E-state index < -0.39 is 0 Å². The van der Waals surface area contributed by atoms with E-state index >= 15 is 0 Å². The fourth-order valence-electron chi connectivity index (χ4n) is 3.01. The summed E-state index contributed by atoms with van der Waals surface area (Å²) in [6, 6.07) is 0. The van der Waals surface area contributed by atoms with Crippen LogP contribution in [0.4, 0.5) is 0 Å². The van der Waals surface area contributed by atoms with Gasteiger partial charge in [0.2, 0.25) is 0 Å². The molecule has 0 aromatic rings. The van der Waals surface area contributed by atoms with Gasteiger partial charge in [-0.25, -0.2) is 0 Å². The van der Waals surface area contributed by atoms with Crippen LogP contribution in [-0.2, 0) is 0 Å². The summed E-state index contributed by atoms with van der Waals surface area (Å²) in [5.74, 6) is 1.07. The van der Waals surface area contributed by atoms with Crippen molar-refractivity contribution in [2.75, 3.05) is 0 Å². The quantitative estimate of drug-likeness (QED) is 0.574. The van der Waals surface area contributed by atoms with Gasteiger partial charge in [0.05, 0.1) is 0 Å². The molecule has 0 N–H and O–H groups in total. The Balaban J connectivity index is 2.44. The van der Waals surface area contributed by atoms with Gasteiger partial charge in [-0.15, -0.1) is 0 Å². The summed E-state index contributed by atoms with van der Waals surface area (Å²) in [4.78, 5) is 0. The Labute approximate surface area is 84.1 Å². The van der Waals surface area contributed by atoms with E-state index in [0.717, 1.165) is 5.92 Å². The van der Waals surface area contributed by atoms with Gasteiger partial charge in [0.25, 0.3) is 0 Å². The third-order valence-corrected chi connectivity index (χ3v) is 4.45. The summed E-state index contributed by atoms with van der Waals surface area (Å²) in [7, 11) is 0. The van der Waals surface area contributed by atoms with Gasteiger partial charge in [0.15, 0.2) is 0 Å². The topological polar surface area (TPSA) is 0 Å². The second-order valence-electron chi connectivity index (χ2n) is 4.92. The van der Waals surface area contributed by atoms with Crippen LogP contribution in [0.15, 0.2) is 0 Å². The first-order valence-corrected chi connectivity index (χ1v) is 6.26. The zero-order chi connectivity index (χ0) is 9.73. The summed E-state index contributed by atoms with van der Waals surface area (Å²) >= 11 is 0. The molecule has 0 heterocycles. The van der Waals surface area contributed by atoms with E-state index in [9.17, 15) is 0 Å². The summed E-state index contributed by atoms with van der Waals surface area (Å²) in [5, 5.41) is 0. The average Bonchev–Trinajstić information content (AvgIpc) is 2.67. The third-order valence-electron chi connectivity index (χ3n) is 4.45. The second-order valence-corrected chi connectivity index (χ2v) is 4.92. The maximum Gasteiger partial charge on any atom is -0.0303 e. The first-order chi connectivity index (χ1) is 6.26. The van der Waals surface area contributed by atoms with Crippen LogP contribution in [0.3, 0.4) is 0 Å². The van der Waals surface area contributed by atoms with E-state index in [0.29, 0.717) is 5.41 Å². The first kappa shape index (κ1) is 11.1. The lowest BCUT2D eigenvalue weighted by Gasteiger charge is -2.33. The number of hydrogen-bond donors (Lipinski definition) is 0. The molecule has 1 fully saturated rings. The van der Waals surface area contributed by atoms with E-state index in [2.05, 4.69) is 20.8 Å². The van der Waals surface area contributed by atoms with Crippen molar-refractivity contribution < 1.29 is 0 Å². The van der Waals surface area contributed by atoms with Crippen molar-refractivity contribution in [2.24, 2.45) is 11.3 Å². The zero-order valence-electron chi connectivity index (χ0n) is 9.73. The van der Waals surface area contributed by atoms with Crippen LogP contribution < -0.4 is 0 Å². The van der Waals surface area contributed by atoms with Crippen LogP contribution in [0, 0.1) is 11.3 Å². The van der Waals surface area contributed by atoms with Gasteiger partial charge in [-0.2, -0.15) is 0 Å². The second kappa shape index (κ2) is 5.02. The van der Waals surface area contributed by atoms with E-state index in [1.807, 2.05) is 0 Å². The highest BCUT2D eigenvalue weighted by molar-refractivity contribution is 4.80. The molecular formula is C13H26. The van der Waals surface area contributed by atoms with Crippen molar-refractivity contribution in [1.82, 2.24) is 0 Å². The molecule has 1 rings (SSSR count). The molecule has 0 radical (unpaired) electrons. The predicted molar refractivity (Wildman–Crippen MR) is 59.9 cm³/mol. The van der Waals surface area contributed by atoms with Crippen LogP contribution in [0.5, 0.6) is 0 Å². The van der Waals surface area contributed by atoms with Crippen molar-refractivity contribution >= 4 is 0 Å². The van der Waals surface area contributed by atoms with Gasteiger partial charge in [-0.05, 0) is 17.8 Å². The van der Waals surface area contributed by atoms with Crippen LogP contribution in [0.1, 0.15) is 72.1 Å². The lowest BCUT2D eigenvalue weighted by molar-refractivity contribution is 0.187. The summed E-state index contributed by atoms with van der Waals surface area (Å²) in [6.45, 7) is 7.13. The highest BCUT2D eigenvalue weighted by Crippen LogP contribution is 2.42. The van der Waals surface area contributed by atoms with Gasteiger partial charge < -0.3 is 0 Å². The molecule has 0 atom stereocenters. The van der Waals surface area contributed by atoms with Gasteiger partial charge in [0, 0.05) is 0 Å². The molecule has 0 aromatic heterocycles. The van der Waals surface area contributed by atoms with E-state index in [1.54, 1.807) is 0 Å². The average molecular weight is 182 g/mol. The molecule has 78 valence electrons. The Bertz CT molecular complexity index is 119. The van der Waals surface area contributed by atoms with Crippen LogP contribution in [0.25, 0.3) is 0 Å². The van der Waals surface area contributed by atoms with Gasteiger partial charge >= 0.3 is 0 Å². The molecule has 0 nitrogen and oxygen atoms in total. The lowest BCUT2D eigenvalue weighted by Crippen LogP contribution is -2.21.